The van der Waals surface area contributed by atoms with Crippen LogP contribution in [-0.4, -0.2) is 43.7 Å². The molecule has 1 aliphatic rings. The quantitative estimate of drug-likeness (QED) is 0.592. The van der Waals surface area contributed by atoms with Crippen molar-refractivity contribution >= 4 is 28.2 Å². The maximum absolute atomic E-state index is 12.0. The molecule has 7 heteroatoms. The van der Waals surface area contributed by atoms with Crippen LogP contribution in [0.15, 0.2) is 0 Å². The Bertz CT molecular complexity index is 541. The van der Waals surface area contributed by atoms with Gasteiger partial charge in [0.15, 0.2) is 6.54 Å². The van der Waals surface area contributed by atoms with Crippen molar-refractivity contribution in [2.45, 2.75) is 25.7 Å². The molecule has 0 radical (unpaired) electrons. The second kappa shape index (κ2) is 7.02. The van der Waals surface area contributed by atoms with Crippen molar-refractivity contribution < 1.29 is 24.7 Å². The van der Waals surface area contributed by atoms with Crippen molar-refractivity contribution in [1.29, 1.82) is 0 Å². The van der Waals surface area contributed by atoms with Crippen LogP contribution in [0.3, 0.4) is 0 Å². The van der Waals surface area contributed by atoms with Crippen LogP contribution in [0.25, 0.3) is 0 Å². The predicted octanol–water partition coefficient (Wildman–Crippen LogP) is -1.56. The van der Waals surface area contributed by atoms with Gasteiger partial charge in [-0.3, -0.25) is 4.79 Å². The summed E-state index contributed by atoms with van der Waals surface area (Å²) in [5, 5.41) is 23.3. The molecule has 0 saturated carbocycles. The molecular weight excluding hydrogens is 292 g/mol. The Balaban J connectivity index is 2.14. The fourth-order valence-electron chi connectivity index (χ4n) is 2.59. The van der Waals surface area contributed by atoms with Crippen molar-refractivity contribution in [3.05, 3.63) is 16.0 Å². The van der Waals surface area contributed by atoms with Crippen LogP contribution < -0.4 is 15.3 Å². The molecule has 0 saturated heterocycles. The molecule has 1 amide bonds. The molecular formula is C14H20N2O4S. The summed E-state index contributed by atoms with van der Waals surface area (Å²) in [5.74, 6) is -1.47. The molecule has 0 aliphatic heterocycles. The van der Waals surface area contributed by atoms with Crippen LogP contribution in [0.2, 0.25) is 0 Å². The fourth-order valence-corrected chi connectivity index (χ4v) is 3.89. The summed E-state index contributed by atoms with van der Waals surface area (Å²) in [6.45, 7) is 0.675. The number of carbonyl (C=O) groups is 2. The summed E-state index contributed by atoms with van der Waals surface area (Å²) in [6, 6.07) is 0. The van der Waals surface area contributed by atoms with Crippen LogP contribution in [0.5, 0.6) is 0 Å². The van der Waals surface area contributed by atoms with Crippen LogP contribution in [-0.2, 0) is 17.6 Å². The van der Waals surface area contributed by atoms with Crippen LogP contribution in [0, 0.1) is 0 Å². The first-order valence-electron chi connectivity index (χ1n) is 7.10. The average molecular weight is 312 g/mol. The van der Waals surface area contributed by atoms with Gasteiger partial charge in [0.25, 0.3) is 5.91 Å². The van der Waals surface area contributed by atoms with Gasteiger partial charge in [-0.05, 0) is 31.2 Å². The third kappa shape index (κ3) is 3.81. The number of quaternary nitrogens is 1. The van der Waals surface area contributed by atoms with Gasteiger partial charge < -0.3 is 25.2 Å². The lowest BCUT2D eigenvalue weighted by atomic mass is 9.95. The van der Waals surface area contributed by atoms with Gasteiger partial charge in [-0.25, -0.2) is 0 Å². The van der Waals surface area contributed by atoms with Crippen LogP contribution in [0.1, 0.15) is 33.6 Å². The van der Waals surface area contributed by atoms with E-state index in [0.29, 0.717) is 11.5 Å². The molecule has 0 spiro atoms. The van der Waals surface area contributed by atoms with Gasteiger partial charge in [0.05, 0.1) is 19.6 Å². The first kappa shape index (κ1) is 15.9. The van der Waals surface area contributed by atoms with E-state index < -0.39 is 5.97 Å². The second-order valence-electron chi connectivity index (χ2n) is 5.36. The molecule has 116 valence electrons. The monoisotopic (exact) mass is 312 g/mol. The number of aryl methyl sites for hydroxylation is 1. The van der Waals surface area contributed by atoms with Crippen molar-refractivity contribution in [3.63, 3.8) is 0 Å². The number of thiophene rings is 1. The summed E-state index contributed by atoms with van der Waals surface area (Å²) >= 11 is 1.35. The maximum atomic E-state index is 12.0. The Labute approximate surface area is 127 Å². The van der Waals surface area contributed by atoms with Crippen molar-refractivity contribution in [1.82, 2.24) is 0 Å². The van der Waals surface area contributed by atoms with E-state index in [1.54, 1.807) is 7.05 Å². The summed E-state index contributed by atoms with van der Waals surface area (Å²) in [7, 11) is 1.80. The first-order chi connectivity index (χ1) is 10.0. The highest BCUT2D eigenvalue weighted by molar-refractivity contribution is 7.17. The number of fused-ring (bicyclic) bond motifs is 1. The highest BCUT2D eigenvalue weighted by Crippen LogP contribution is 2.37. The topological polar surface area (TPSA) is 93.9 Å². The zero-order valence-electron chi connectivity index (χ0n) is 12.0. The van der Waals surface area contributed by atoms with Gasteiger partial charge in [0.2, 0.25) is 0 Å². The number of aliphatic hydroxyl groups excluding tert-OH is 1. The number of hydrogen-bond donors (Lipinski definition) is 3. The molecule has 0 aromatic carbocycles. The summed E-state index contributed by atoms with van der Waals surface area (Å²) in [5.41, 5.74) is 0.987. The lowest BCUT2D eigenvalue weighted by molar-refractivity contribution is -0.871. The van der Waals surface area contributed by atoms with E-state index in [4.69, 9.17) is 5.11 Å². The first-order valence-corrected chi connectivity index (χ1v) is 7.92. The minimum absolute atomic E-state index is 0.0106. The highest BCUT2D eigenvalue weighted by Gasteiger charge is 2.23. The summed E-state index contributed by atoms with van der Waals surface area (Å²) < 4.78 is 0. The van der Waals surface area contributed by atoms with Gasteiger partial charge >= 0.3 is 0 Å². The molecule has 1 unspecified atom stereocenters. The number of aromatic carboxylic acids is 1. The number of rotatable bonds is 6. The number of anilines is 1. The van der Waals surface area contributed by atoms with Gasteiger partial charge in [-0.1, -0.05) is 0 Å². The van der Waals surface area contributed by atoms with Gasteiger partial charge in [0.1, 0.15) is 11.5 Å². The van der Waals surface area contributed by atoms with Crippen LogP contribution >= 0.6 is 11.3 Å². The molecule has 1 heterocycles. The normalized spacial score (nSPS) is 15.3. The Morgan fingerprint density at radius 2 is 2.10 bits per heavy atom. The van der Waals surface area contributed by atoms with E-state index in [2.05, 4.69) is 5.32 Å². The summed E-state index contributed by atoms with van der Waals surface area (Å²) in [4.78, 5) is 25.2. The van der Waals surface area contributed by atoms with E-state index >= 15 is 0 Å². The number of hydrogen-bond acceptors (Lipinski definition) is 5. The third-order valence-electron chi connectivity index (χ3n) is 3.63. The SMILES string of the molecule is C[NH+](CCO)CC(=O)Nc1sc2c(c1C(=O)[O-])CCCC2. The Kier molecular flexibility index (Phi) is 5.33. The Morgan fingerprint density at radius 3 is 2.76 bits per heavy atom. The molecule has 3 N–H and O–H groups in total. The molecule has 1 aromatic heterocycles. The Hall–Kier alpha value is -1.44. The molecule has 1 aliphatic carbocycles. The predicted molar refractivity (Wildman–Crippen MR) is 77.6 cm³/mol. The number of amides is 1. The minimum atomic E-state index is -1.22. The molecule has 0 bridgehead atoms. The molecule has 21 heavy (non-hydrogen) atoms. The molecule has 6 nitrogen and oxygen atoms in total. The van der Waals surface area contributed by atoms with Crippen molar-refractivity contribution in [2.75, 3.05) is 32.1 Å². The van der Waals surface area contributed by atoms with E-state index in [1.807, 2.05) is 0 Å². The third-order valence-corrected chi connectivity index (χ3v) is 4.84. The number of aliphatic hydroxyl groups is 1. The largest absolute Gasteiger partial charge is 0.545 e. The zero-order chi connectivity index (χ0) is 15.4. The molecule has 1 aromatic rings. The van der Waals surface area contributed by atoms with E-state index in [0.717, 1.165) is 41.0 Å². The van der Waals surface area contributed by atoms with Gasteiger partial charge in [-0.15, -0.1) is 11.3 Å². The van der Waals surface area contributed by atoms with E-state index in [1.165, 1.54) is 11.3 Å². The smallest absolute Gasteiger partial charge is 0.280 e. The maximum Gasteiger partial charge on any atom is 0.280 e. The van der Waals surface area contributed by atoms with Crippen molar-refractivity contribution in [3.8, 4) is 0 Å². The second-order valence-corrected chi connectivity index (χ2v) is 6.46. The highest BCUT2D eigenvalue weighted by atomic mass is 32.1. The zero-order valence-corrected chi connectivity index (χ0v) is 12.8. The van der Waals surface area contributed by atoms with Gasteiger partial charge in [-0.2, -0.15) is 0 Å². The van der Waals surface area contributed by atoms with E-state index in [-0.39, 0.29) is 24.6 Å². The minimum Gasteiger partial charge on any atom is -0.545 e. The van der Waals surface area contributed by atoms with Gasteiger partial charge in [0, 0.05) is 10.4 Å². The lowest BCUT2D eigenvalue weighted by Crippen LogP contribution is -3.10. The number of carbonyl (C=O) groups excluding carboxylic acids is 2. The molecule has 2 rings (SSSR count). The number of carboxylic acid groups (broad SMARTS) is 1. The van der Waals surface area contributed by atoms with E-state index in [9.17, 15) is 14.7 Å². The molecule has 1 atom stereocenters. The number of carboxylic acids is 1. The Morgan fingerprint density at radius 1 is 1.38 bits per heavy atom. The lowest BCUT2D eigenvalue weighted by Gasteiger charge is -2.14. The molecule has 0 fully saturated rings. The average Bonchev–Trinajstić information content (AvgIpc) is 2.76. The van der Waals surface area contributed by atoms with Crippen LogP contribution in [0.4, 0.5) is 5.00 Å². The number of likely N-dealkylation sites (N-methyl/N-ethyl adjacent to an activating group) is 1. The fraction of sp³-hybridized carbons (Fsp3) is 0.571. The number of nitrogens with one attached hydrogen (secondary N) is 2. The standard InChI is InChI=1S/C14H20N2O4S/c1-16(6-7-17)8-11(18)15-13-12(14(19)20)9-4-2-3-5-10(9)21-13/h17H,2-8H2,1H3,(H,15,18)(H,19,20). The summed E-state index contributed by atoms with van der Waals surface area (Å²) in [6.07, 6.45) is 3.63. The van der Waals surface area contributed by atoms with Crippen molar-refractivity contribution in [2.24, 2.45) is 0 Å².